The van der Waals surface area contributed by atoms with Crippen molar-refractivity contribution in [1.82, 2.24) is 9.97 Å². The molecule has 0 unspecified atom stereocenters. The molecule has 20 heavy (non-hydrogen) atoms. The van der Waals surface area contributed by atoms with Crippen molar-refractivity contribution in [1.29, 1.82) is 0 Å². The van der Waals surface area contributed by atoms with Crippen LogP contribution >= 0.6 is 0 Å². The van der Waals surface area contributed by atoms with E-state index in [1.165, 1.54) is 44.3 Å². The molecule has 1 N–H and O–H groups in total. The van der Waals surface area contributed by atoms with E-state index in [1.807, 2.05) is 7.05 Å². The van der Waals surface area contributed by atoms with Gasteiger partial charge in [0, 0.05) is 25.7 Å². The molecule has 2 fully saturated rings. The van der Waals surface area contributed by atoms with Gasteiger partial charge in [-0.3, -0.25) is 0 Å². The quantitative estimate of drug-likeness (QED) is 0.828. The lowest BCUT2D eigenvalue weighted by Crippen LogP contribution is -2.30. The molecule has 1 heterocycles. The third-order valence-corrected chi connectivity index (χ3v) is 4.33. The van der Waals surface area contributed by atoms with E-state index in [4.69, 9.17) is 0 Å². The fourth-order valence-corrected chi connectivity index (χ4v) is 2.84. The fourth-order valence-electron chi connectivity index (χ4n) is 2.84. The summed E-state index contributed by atoms with van der Waals surface area (Å²) in [5, 5.41) is 3.23. The Labute approximate surface area is 122 Å². The number of hydrogen-bond acceptors (Lipinski definition) is 4. The molecule has 0 radical (unpaired) electrons. The zero-order valence-corrected chi connectivity index (χ0v) is 12.9. The molecule has 0 bridgehead atoms. The van der Waals surface area contributed by atoms with Crippen molar-refractivity contribution in [3.8, 4) is 0 Å². The molecule has 3 rings (SSSR count). The first-order chi connectivity index (χ1) is 9.69. The summed E-state index contributed by atoms with van der Waals surface area (Å²) >= 11 is 0. The van der Waals surface area contributed by atoms with Crippen molar-refractivity contribution in [2.75, 3.05) is 30.4 Å². The van der Waals surface area contributed by atoms with Gasteiger partial charge >= 0.3 is 0 Å². The van der Waals surface area contributed by atoms with Gasteiger partial charge in [-0.1, -0.05) is 13.8 Å². The summed E-state index contributed by atoms with van der Waals surface area (Å²) in [5.41, 5.74) is 1.27. The number of aromatic nitrogens is 2. The third kappa shape index (κ3) is 3.05. The van der Waals surface area contributed by atoms with Gasteiger partial charge in [0.1, 0.15) is 18.0 Å². The molecular weight excluding hydrogens is 248 g/mol. The molecule has 1 aromatic heterocycles. The number of nitrogens with one attached hydrogen (secondary N) is 1. The molecule has 0 saturated heterocycles. The first-order valence-electron chi connectivity index (χ1n) is 7.96. The largest absolute Gasteiger partial charge is 0.373 e. The normalized spacial score (nSPS) is 18.4. The molecule has 2 aliphatic carbocycles. The number of rotatable bonds is 7. The van der Waals surface area contributed by atoms with E-state index in [2.05, 4.69) is 34.0 Å². The van der Waals surface area contributed by atoms with Crippen molar-refractivity contribution in [2.45, 2.75) is 45.4 Å². The van der Waals surface area contributed by atoms with Gasteiger partial charge in [-0.15, -0.1) is 0 Å². The highest BCUT2D eigenvalue weighted by Gasteiger charge is 2.31. The zero-order valence-electron chi connectivity index (χ0n) is 12.9. The highest BCUT2D eigenvalue weighted by molar-refractivity contribution is 5.60. The van der Waals surface area contributed by atoms with Crippen LogP contribution in [-0.2, 0) is 0 Å². The summed E-state index contributed by atoms with van der Waals surface area (Å²) in [6.07, 6.45) is 7.27. The van der Waals surface area contributed by atoms with Crippen molar-refractivity contribution in [2.24, 2.45) is 11.8 Å². The fraction of sp³-hybridized carbons (Fsp3) is 0.750. The van der Waals surface area contributed by atoms with Gasteiger partial charge in [-0.2, -0.15) is 0 Å². The van der Waals surface area contributed by atoms with Crippen molar-refractivity contribution < 1.29 is 0 Å². The summed E-state index contributed by atoms with van der Waals surface area (Å²) < 4.78 is 0. The molecule has 4 nitrogen and oxygen atoms in total. The minimum atomic E-state index is 0.439. The van der Waals surface area contributed by atoms with Crippen LogP contribution in [0.5, 0.6) is 0 Å². The van der Waals surface area contributed by atoms with E-state index >= 15 is 0 Å². The maximum absolute atomic E-state index is 4.65. The summed E-state index contributed by atoms with van der Waals surface area (Å²) in [6, 6.07) is 0. The topological polar surface area (TPSA) is 41.1 Å². The predicted octanol–water partition coefficient (Wildman–Crippen LogP) is 3.27. The van der Waals surface area contributed by atoms with Gasteiger partial charge in [-0.25, -0.2) is 9.97 Å². The minimum Gasteiger partial charge on any atom is -0.373 e. The average molecular weight is 274 g/mol. The molecule has 0 atom stereocenters. The Balaban J connectivity index is 1.90. The molecule has 2 aliphatic rings. The van der Waals surface area contributed by atoms with Crippen LogP contribution in [0.25, 0.3) is 0 Å². The Bertz CT molecular complexity index is 450. The van der Waals surface area contributed by atoms with Gasteiger partial charge in [0.2, 0.25) is 0 Å². The number of nitrogens with zero attached hydrogens (tertiary/aromatic N) is 3. The highest BCUT2D eigenvalue weighted by Crippen LogP contribution is 2.38. The van der Waals surface area contributed by atoms with Crippen LogP contribution in [0.4, 0.5) is 11.6 Å². The predicted molar refractivity (Wildman–Crippen MR) is 83.3 cm³/mol. The van der Waals surface area contributed by atoms with Gasteiger partial charge in [0.15, 0.2) is 0 Å². The molecule has 0 spiro atoms. The monoisotopic (exact) mass is 274 g/mol. The van der Waals surface area contributed by atoms with Gasteiger partial charge in [0.05, 0.1) is 0 Å². The zero-order chi connectivity index (χ0) is 14.1. The van der Waals surface area contributed by atoms with E-state index in [0.717, 1.165) is 23.5 Å². The maximum Gasteiger partial charge on any atom is 0.137 e. The third-order valence-electron chi connectivity index (χ3n) is 4.33. The van der Waals surface area contributed by atoms with Gasteiger partial charge in [-0.05, 0) is 43.4 Å². The second kappa shape index (κ2) is 5.58. The Kier molecular flexibility index (Phi) is 3.81. The van der Waals surface area contributed by atoms with E-state index < -0.39 is 0 Å². The SMILES string of the molecule is CNc1ncnc(N(CC2CC2)CC2CC2)c1C(C)C. The summed E-state index contributed by atoms with van der Waals surface area (Å²) in [6.45, 7) is 6.82. The van der Waals surface area contributed by atoms with Crippen LogP contribution in [0.15, 0.2) is 6.33 Å². The number of hydrogen-bond donors (Lipinski definition) is 1. The maximum atomic E-state index is 4.65. The van der Waals surface area contributed by atoms with Crippen LogP contribution in [0.2, 0.25) is 0 Å². The summed E-state index contributed by atoms with van der Waals surface area (Å²) in [4.78, 5) is 11.6. The second-order valence-corrected chi connectivity index (χ2v) is 6.66. The molecule has 1 aromatic rings. The standard InChI is InChI=1S/C16H26N4/c1-11(2)14-15(17-3)18-10-19-16(14)20(8-12-4-5-12)9-13-6-7-13/h10-13H,4-9H2,1-3H3,(H,17,18,19). The Morgan fingerprint density at radius 1 is 1.15 bits per heavy atom. The molecule has 4 heteroatoms. The summed E-state index contributed by atoms with van der Waals surface area (Å²) in [5.74, 6) is 4.37. The average Bonchev–Trinajstić information content (AvgIpc) is 3.32. The first-order valence-corrected chi connectivity index (χ1v) is 7.96. The van der Waals surface area contributed by atoms with Gasteiger partial charge in [0.25, 0.3) is 0 Å². The van der Waals surface area contributed by atoms with E-state index in [9.17, 15) is 0 Å². The first kappa shape index (κ1) is 13.7. The minimum absolute atomic E-state index is 0.439. The molecule has 0 aliphatic heterocycles. The Morgan fingerprint density at radius 2 is 1.75 bits per heavy atom. The summed E-state index contributed by atoms with van der Waals surface area (Å²) in [7, 11) is 1.95. The van der Waals surface area contributed by atoms with E-state index in [1.54, 1.807) is 6.33 Å². The van der Waals surface area contributed by atoms with Gasteiger partial charge < -0.3 is 10.2 Å². The van der Waals surface area contributed by atoms with Crippen molar-refractivity contribution >= 4 is 11.6 Å². The molecule has 0 aromatic carbocycles. The lowest BCUT2D eigenvalue weighted by Gasteiger charge is -2.28. The molecule has 110 valence electrons. The Hall–Kier alpha value is -1.32. The van der Waals surface area contributed by atoms with Crippen LogP contribution in [0, 0.1) is 11.8 Å². The molecular formula is C16H26N4. The smallest absolute Gasteiger partial charge is 0.137 e. The van der Waals surface area contributed by atoms with Crippen molar-refractivity contribution in [3.05, 3.63) is 11.9 Å². The van der Waals surface area contributed by atoms with Crippen molar-refractivity contribution in [3.63, 3.8) is 0 Å². The lowest BCUT2D eigenvalue weighted by atomic mass is 10.0. The van der Waals surface area contributed by atoms with Crippen LogP contribution in [-0.4, -0.2) is 30.1 Å². The van der Waals surface area contributed by atoms with Crippen LogP contribution in [0.1, 0.15) is 51.0 Å². The van der Waals surface area contributed by atoms with E-state index in [0.29, 0.717) is 5.92 Å². The molecule has 2 saturated carbocycles. The van der Waals surface area contributed by atoms with Crippen LogP contribution < -0.4 is 10.2 Å². The highest BCUT2D eigenvalue weighted by atomic mass is 15.2. The number of anilines is 2. The van der Waals surface area contributed by atoms with E-state index in [-0.39, 0.29) is 0 Å². The second-order valence-electron chi connectivity index (χ2n) is 6.66. The van der Waals surface area contributed by atoms with Crippen LogP contribution in [0.3, 0.4) is 0 Å². The lowest BCUT2D eigenvalue weighted by molar-refractivity contribution is 0.662. The Morgan fingerprint density at radius 3 is 2.20 bits per heavy atom. The molecule has 0 amide bonds.